The molecule has 0 aliphatic heterocycles. The molecule has 0 saturated heterocycles. The van der Waals surface area contributed by atoms with Crippen molar-refractivity contribution < 1.29 is 22.7 Å². The summed E-state index contributed by atoms with van der Waals surface area (Å²) in [4.78, 5) is 24.1. The van der Waals surface area contributed by atoms with Gasteiger partial charge < -0.3 is 4.74 Å². The van der Waals surface area contributed by atoms with E-state index in [1.807, 2.05) is 0 Å². The Morgan fingerprint density at radius 2 is 1.68 bits per heavy atom. The molecule has 34 heavy (non-hydrogen) atoms. The number of anilines is 1. The van der Waals surface area contributed by atoms with Gasteiger partial charge in [0.05, 0.1) is 39.5 Å². The van der Waals surface area contributed by atoms with E-state index in [0.717, 1.165) is 4.31 Å². The fourth-order valence-corrected chi connectivity index (χ4v) is 4.77. The molecule has 0 aliphatic rings. The molecule has 3 aromatic rings. The lowest BCUT2D eigenvalue weighted by Gasteiger charge is -2.24. The van der Waals surface area contributed by atoms with Gasteiger partial charge in [0.15, 0.2) is 0 Å². The van der Waals surface area contributed by atoms with E-state index in [0.29, 0.717) is 11.1 Å². The molecule has 3 rings (SSSR count). The molecule has 3 aromatic carbocycles. The number of ether oxygens (including phenoxy) is 1. The number of amides is 1. The van der Waals surface area contributed by atoms with Crippen LogP contribution in [-0.2, 0) is 19.6 Å². The first-order chi connectivity index (χ1) is 16.2. The van der Waals surface area contributed by atoms with E-state index in [9.17, 15) is 18.0 Å². The second kappa shape index (κ2) is 11.1. The summed E-state index contributed by atoms with van der Waals surface area (Å²) in [6, 6.07) is 18.4. The van der Waals surface area contributed by atoms with Gasteiger partial charge in [-0.25, -0.2) is 18.6 Å². The predicted molar refractivity (Wildman–Crippen MR) is 131 cm³/mol. The highest BCUT2D eigenvalue weighted by molar-refractivity contribution is 7.92. The van der Waals surface area contributed by atoms with Gasteiger partial charge in [-0.2, -0.15) is 5.10 Å². The maximum atomic E-state index is 13.3. The van der Waals surface area contributed by atoms with Crippen molar-refractivity contribution in [2.45, 2.75) is 4.90 Å². The SMILES string of the molecule is COC(=O)c1ccc(/C=N\NC(=O)CN(c2cccc(Cl)c2Cl)S(=O)(=O)c2ccccc2)cc1. The van der Waals surface area contributed by atoms with E-state index >= 15 is 0 Å². The van der Waals surface area contributed by atoms with Crippen LogP contribution >= 0.6 is 23.2 Å². The van der Waals surface area contributed by atoms with Crippen LogP contribution in [0.5, 0.6) is 0 Å². The highest BCUT2D eigenvalue weighted by atomic mass is 35.5. The molecule has 0 fully saturated rings. The standard InChI is InChI=1S/C23H19Cl2N3O5S/c1-33-23(30)17-12-10-16(11-13-17)14-26-27-21(29)15-28(20-9-5-8-19(24)22(20)25)34(31,32)18-6-3-2-4-7-18/h2-14H,15H2,1H3,(H,27,29)/b26-14-. The molecule has 176 valence electrons. The number of rotatable bonds is 8. The number of sulfonamides is 1. The van der Waals surface area contributed by atoms with Gasteiger partial charge in [0.2, 0.25) is 0 Å². The first-order valence-electron chi connectivity index (χ1n) is 9.76. The summed E-state index contributed by atoms with van der Waals surface area (Å²) in [6.07, 6.45) is 1.35. The van der Waals surface area contributed by atoms with Gasteiger partial charge in [-0.15, -0.1) is 0 Å². The smallest absolute Gasteiger partial charge is 0.337 e. The molecule has 0 unspecified atom stereocenters. The zero-order chi connectivity index (χ0) is 24.7. The van der Waals surface area contributed by atoms with E-state index in [-0.39, 0.29) is 20.6 Å². The summed E-state index contributed by atoms with van der Waals surface area (Å²) >= 11 is 12.3. The Balaban J connectivity index is 1.81. The largest absolute Gasteiger partial charge is 0.465 e. The van der Waals surface area contributed by atoms with Crippen LogP contribution in [0.15, 0.2) is 82.8 Å². The maximum Gasteiger partial charge on any atom is 0.337 e. The van der Waals surface area contributed by atoms with E-state index in [1.165, 1.54) is 43.7 Å². The van der Waals surface area contributed by atoms with Crippen LogP contribution in [0.4, 0.5) is 5.69 Å². The summed E-state index contributed by atoms with van der Waals surface area (Å²) in [7, 11) is -2.86. The predicted octanol–water partition coefficient (Wildman–Crippen LogP) is 4.13. The number of nitrogens with zero attached hydrogens (tertiary/aromatic N) is 2. The quantitative estimate of drug-likeness (QED) is 0.273. The molecular weight excluding hydrogens is 501 g/mol. The van der Waals surface area contributed by atoms with Crippen molar-refractivity contribution in [3.8, 4) is 0 Å². The average Bonchev–Trinajstić information content (AvgIpc) is 2.85. The van der Waals surface area contributed by atoms with Gasteiger partial charge >= 0.3 is 5.97 Å². The van der Waals surface area contributed by atoms with Crippen LogP contribution in [0.25, 0.3) is 0 Å². The van der Waals surface area contributed by atoms with Gasteiger partial charge in [0.25, 0.3) is 15.9 Å². The Morgan fingerprint density at radius 3 is 2.32 bits per heavy atom. The van der Waals surface area contributed by atoms with Crippen molar-refractivity contribution in [2.24, 2.45) is 5.10 Å². The Hall–Kier alpha value is -3.40. The van der Waals surface area contributed by atoms with Crippen LogP contribution in [0.3, 0.4) is 0 Å². The number of hydrogen-bond acceptors (Lipinski definition) is 6. The molecule has 0 radical (unpaired) electrons. The number of hydrazone groups is 1. The summed E-state index contributed by atoms with van der Waals surface area (Å²) in [5.74, 6) is -1.19. The van der Waals surface area contributed by atoms with E-state index in [1.54, 1.807) is 42.5 Å². The van der Waals surface area contributed by atoms with Gasteiger partial charge in [0.1, 0.15) is 6.54 Å². The molecule has 0 aromatic heterocycles. The number of benzene rings is 3. The molecular formula is C23H19Cl2N3O5S. The number of methoxy groups -OCH3 is 1. The van der Waals surface area contributed by atoms with E-state index in [4.69, 9.17) is 23.2 Å². The Labute approximate surface area is 206 Å². The Kier molecular flexibility index (Phi) is 8.27. The third-order valence-electron chi connectivity index (χ3n) is 4.55. The highest BCUT2D eigenvalue weighted by Crippen LogP contribution is 2.35. The maximum absolute atomic E-state index is 13.3. The minimum absolute atomic E-state index is 0.00864. The number of nitrogens with one attached hydrogen (secondary N) is 1. The van der Waals surface area contributed by atoms with Gasteiger partial charge in [-0.3, -0.25) is 9.10 Å². The minimum atomic E-state index is -4.15. The van der Waals surface area contributed by atoms with Crippen LogP contribution in [0, 0.1) is 0 Å². The van der Waals surface area contributed by atoms with Crippen molar-refractivity contribution >= 4 is 57.0 Å². The highest BCUT2D eigenvalue weighted by Gasteiger charge is 2.29. The van der Waals surface area contributed by atoms with Crippen LogP contribution in [-0.4, -0.2) is 40.2 Å². The molecule has 0 spiro atoms. The number of carbonyl (C=O) groups excluding carboxylic acids is 2. The second-order valence-electron chi connectivity index (χ2n) is 6.80. The molecule has 11 heteroatoms. The molecule has 8 nitrogen and oxygen atoms in total. The van der Waals surface area contributed by atoms with E-state index in [2.05, 4.69) is 15.3 Å². The normalized spacial score (nSPS) is 11.3. The minimum Gasteiger partial charge on any atom is -0.465 e. The first-order valence-corrected chi connectivity index (χ1v) is 12.0. The van der Waals surface area contributed by atoms with Crippen molar-refractivity contribution in [3.05, 3.63) is 94.0 Å². The van der Waals surface area contributed by atoms with Crippen molar-refractivity contribution in [3.63, 3.8) is 0 Å². The number of hydrogen-bond donors (Lipinski definition) is 1. The molecule has 0 saturated carbocycles. The van der Waals surface area contributed by atoms with Gasteiger partial charge in [-0.1, -0.05) is 59.6 Å². The Bertz CT molecular complexity index is 1310. The van der Waals surface area contributed by atoms with Crippen LogP contribution in [0.2, 0.25) is 10.0 Å². The molecule has 0 aliphatic carbocycles. The molecule has 0 bridgehead atoms. The molecule has 1 amide bonds. The Morgan fingerprint density at radius 1 is 1.00 bits per heavy atom. The van der Waals surface area contributed by atoms with E-state index < -0.39 is 28.4 Å². The average molecular weight is 520 g/mol. The van der Waals surface area contributed by atoms with Crippen molar-refractivity contribution in [1.82, 2.24) is 5.43 Å². The topological polar surface area (TPSA) is 105 Å². The monoisotopic (exact) mass is 519 g/mol. The molecule has 0 atom stereocenters. The number of halogens is 2. The lowest BCUT2D eigenvalue weighted by atomic mass is 10.1. The summed E-state index contributed by atoms with van der Waals surface area (Å²) in [6.45, 7) is -0.601. The lowest BCUT2D eigenvalue weighted by molar-refractivity contribution is -0.119. The number of carbonyl (C=O) groups is 2. The summed E-state index contributed by atoms with van der Waals surface area (Å²) < 4.78 is 32.1. The fraction of sp³-hybridized carbons (Fsp3) is 0.0870. The molecule has 0 heterocycles. The fourth-order valence-electron chi connectivity index (χ4n) is 2.87. The summed E-state index contributed by atoms with van der Waals surface area (Å²) in [5.41, 5.74) is 3.31. The van der Waals surface area contributed by atoms with Gasteiger partial charge in [-0.05, 0) is 42.0 Å². The van der Waals surface area contributed by atoms with Crippen molar-refractivity contribution in [2.75, 3.05) is 18.0 Å². The van der Waals surface area contributed by atoms with Crippen LogP contribution < -0.4 is 9.73 Å². The third-order valence-corrected chi connectivity index (χ3v) is 7.14. The van der Waals surface area contributed by atoms with Crippen LogP contribution in [0.1, 0.15) is 15.9 Å². The molecule has 1 N–H and O–H groups in total. The van der Waals surface area contributed by atoms with Gasteiger partial charge in [0, 0.05) is 0 Å². The van der Waals surface area contributed by atoms with Crippen molar-refractivity contribution in [1.29, 1.82) is 0 Å². The summed E-state index contributed by atoms with van der Waals surface area (Å²) in [5, 5.41) is 3.99. The third kappa shape index (κ3) is 5.93. The number of esters is 1. The lowest BCUT2D eigenvalue weighted by Crippen LogP contribution is -2.39. The second-order valence-corrected chi connectivity index (χ2v) is 9.45. The zero-order valence-corrected chi connectivity index (χ0v) is 20.1. The first kappa shape index (κ1) is 25.2. The zero-order valence-electron chi connectivity index (χ0n) is 17.8.